The number of hydrogen-bond acceptors (Lipinski definition) is 6. The van der Waals surface area contributed by atoms with Crippen LogP contribution >= 0.6 is 46.6 Å². The van der Waals surface area contributed by atoms with E-state index < -0.39 is 6.04 Å². The van der Waals surface area contributed by atoms with E-state index in [4.69, 9.17) is 49.6 Å². The Labute approximate surface area is 258 Å². The quantitative estimate of drug-likeness (QED) is 0.207. The van der Waals surface area contributed by atoms with Gasteiger partial charge in [-0.1, -0.05) is 96.8 Å². The fourth-order valence-corrected chi connectivity index (χ4v) is 6.91. The van der Waals surface area contributed by atoms with Gasteiger partial charge in [-0.2, -0.15) is 4.98 Å². The second-order valence-electron chi connectivity index (χ2n) is 11.0. The van der Waals surface area contributed by atoms with Crippen molar-refractivity contribution in [2.24, 2.45) is 5.41 Å². The van der Waals surface area contributed by atoms with E-state index in [-0.39, 0.29) is 17.8 Å². The van der Waals surface area contributed by atoms with Crippen LogP contribution in [0.4, 0.5) is 5.95 Å². The number of halogens is 3. The number of anilines is 1. The minimum Gasteiger partial charge on any atom is -0.489 e. The second kappa shape index (κ2) is 11.4. The van der Waals surface area contributed by atoms with E-state index in [9.17, 15) is 4.79 Å². The molecule has 2 aliphatic rings. The summed E-state index contributed by atoms with van der Waals surface area (Å²) in [6.07, 6.45) is 1.22. The Hall–Kier alpha value is -2.97. The Morgan fingerprint density at radius 3 is 2.41 bits per heavy atom. The molecule has 2 heterocycles. The topological polar surface area (TPSA) is 69.0 Å². The summed E-state index contributed by atoms with van der Waals surface area (Å²) in [4.78, 5) is 18.4. The van der Waals surface area contributed by atoms with Crippen molar-refractivity contribution in [2.75, 3.05) is 5.32 Å². The molecule has 0 radical (unpaired) electrons. The number of hydrogen-bond donors (Lipinski definition) is 1. The molecule has 0 spiro atoms. The number of carbonyl (C=O) groups excluding carboxylic acids is 1. The van der Waals surface area contributed by atoms with E-state index in [2.05, 4.69) is 19.2 Å². The van der Waals surface area contributed by atoms with E-state index in [0.29, 0.717) is 44.1 Å². The fourth-order valence-electron chi connectivity index (χ4n) is 5.29. The van der Waals surface area contributed by atoms with Crippen LogP contribution in [0, 0.1) is 5.41 Å². The van der Waals surface area contributed by atoms with Gasteiger partial charge in [-0.25, -0.2) is 4.68 Å². The molecule has 6 nitrogen and oxygen atoms in total. The van der Waals surface area contributed by atoms with Crippen molar-refractivity contribution in [3.8, 4) is 5.75 Å². The predicted octanol–water partition coefficient (Wildman–Crippen LogP) is 8.77. The van der Waals surface area contributed by atoms with Gasteiger partial charge in [0, 0.05) is 44.1 Å². The van der Waals surface area contributed by atoms with Crippen molar-refractivity contribution >= 4 is 58.3 Å². The number of nitrogens with zero attached hydrogens (tertiary/aromatic N) is 3. The molecule has 210 valence electrons. The summed E-state index contributed by atoms with van der Waals surface area (Å²) in [6, 6.07) is 20.5. The highest BCUT2D eigenvalue weighted by Crippen LogP contribution is 2.46. The van der Waals surface area contributed by atoms with Crippen LogP contribution < -0.4 is 10.1 Å². The number of nitrogens with one attached hydrogen (secondary N) is 1. The van der Waals surface area contributed by atoms with Gasteiger partial charge in [-0.15, -0.1) is 5.10 Å². The summed E-state index contributed by atoms with van der Waals surface area (Å²) < 4.78 is 7.82. The third-order valence-electron chi connectivity index (χ3n) is 7.27. The molecule has 10 heteroatoms. The van der Waals surface area contributed by atoms with Crippen molar-refractivity contribution in [3.05, 3.63) is 110 Å². The smallest absolute Gasteiger partial charge is 0.227 e. The van der Waals surface area contributed by atoms with Crippen molar-refractivity contribution in [1.29, 1.82) is 0 Å². The molecule has 1 N–H and O–H groups in total. The van der Waals surface area contributed by atoms with Crippen LogP contribution in [0.2, 0.25) is 15.1 Å². The molecule has 1 unspecified atom stereocenters. The first kappa shape index (κ1) is 28.2. The summed E-state index contributed by atoms with van der Waals surface area (Å²) in [5.74, 6) is 2.04. The first-order chi connectivity index (χ1) is 19.7. The largest absolute Gasteiger partial charge is 0.489 e. The average Bonchev–Trinajstić information content (AvgIpc) is 3.33. The second-order valence-corrected chi connectivity index (χ2v) is 13.1. The maximum atomic E-state index is 13.6. The lowest BCUT2D eigenvalue weighted by molar-refractivity contribution is -0.118. The van der Waals surface area contributed by atoms with Gasteiger partial charge >= 0.3 is 0 Å². The van der Waals surface area contributed by atoms with E-state index in [0.717, 1.165) is 34.4 Å². The van der Waals surface area contributed by atoms with Crippen LogP contribution in [0.25, 0.3) is 0 Å². The normalized spacial score (nSPS) is 17.6. The number of aromatic nitrogens is 3. The molecule has 1 aliphatic heterocycles. The molecule has 1 atom stereocenters. The van der Waals surface area contributed by atoms with Crippen LogP contribution in [0.5, 0.6) is 5.75 Å². The molecular formula is C31H27Cl3N4O2S. The molecule has 0 fully saturated rings. The summed E-state index contributed by atoms with van der Waals surface area (Å²) in [5.41, 5.74) is 4.17. The van der Waals surface area contributed by atoms with Gasteiger partial charge in [0.1, 0.15) is 18.4 Å². The summed E-state index contributed by atoms with van der Waals surface area (Å²) in [6.45, 7) is 4.48. The standard InChI is InChI=1S/C31H27Cl3N4O2S/c1-31(2)14-25-27(26(39)15-31)28(18-10-12-20(13-11-18)40-16-21-23(33)8-5-9-24(21)34)38-29(35-25)36-30(37-38)41-17-19-6-3-4-7-22(19)32/h3-13,28H,14-17H2,1-2H3,(H,35,36,37). The zero-order valence-corrected chi connectivity index (χ0v) is 25.5. The molecule has 0 saturated heterocycles. The van der Waals surface area contributed by atoms with Crippen LogP contribution in [0.15, 0.2) is 83.2 Å². The molecule has 3 aromatic carbocycles. The fraction of sp³-hybridized carbons (Fsp3) is 0.258. The highest BCUT2D eigenvalue weighted by molar-refractivity contribution is 7.98. The van der Waals surface area contributed by atoms with Gasteiger partial charge in [-0.3, -0.25) is 4.79 Å². The number of Topliss-reactive ketones (excluding diaryl/α,β-unsaturated/α-hetero) is 1. The first-order valence-corrected chi connectivity index (χ1v) is 15.3. The summed E-state index contributed by atoms with van der Waals surface area (Å²) >= 11 is 20.5. The van der Waals surface area contributed by atoms with Gasteiger partial charge < -0.3 is 10.1 Å². The Morgan fingerprint density at radius 2 is 1.68 bits per heavy atom. The third-order valence-corrected chi connectivity index (χ3v) is 9.23. The first-order valence-electron chi connectivity index (χ1n) is 13.2. The number of benzene rings is 3. The lowest BCUT2D eigenvalue weighted by Gasteiger charge is -2.38. The van der Waals surface area contributed by atoms with Crippen molar-refractivity contribution in [3.63, 3.8) is 0 Å². The van der Waals surface area contributed by atoms with Crippen LogP contribution in [0.3, 0.4) is 0 Å². The maximum absolute atomic E-state index is 13.6. The number of ether oxygens (including phenoxy) is 1. The van der Waals surface area contributed by atoms with Crippen LogP contribution in [-0.2, 0) is 17.2 Å². The number of fused-ring (bicyclic) bond motifs is 1. The van der Waals surface area contributed by atoms with E-state index in [1.807, 2.05) is 53.2 Å². The molecule has 1 aliphatic carbocycles. The molecule has 0 amide bonds. The predicted molar refractivity (Wildman–Crippen MR) is 165 cm³/mol. The van der Waals surface area contributed by atoms with Crippen LogP contribution in [-0.4, -0.2) is 20.5 Å². The third kappa shape index (κ3) is 5.86. The number of thioether (sulfide) groups is 1. The van der Waals surface area contributed by atoms with Crippen molar-refractivity contribution in [1.82, 2.24) is 14.8 Å². The zero-order valence-electron chi connectivity index (χ0n) is 22.5. The van der Waals surface area contributed by atoms with Gasteiger partial charge in [0.2, 0.25) is 11.1 Å². The minimum atomic E-state index is -0.404. The lowest BCUT2D eigenvalue weighted by atomic mass is 9.73. The highest BCUT2D eigenvalue weighted by Gasteiger charge is 2.41. The molecule has 6 rings (SSSR count). The number of carbonyl (C=O) groups is 1. The van der Waals surface area contributed by atoms with Gasteiger partial charge in [0.15, 0.2) is 5.78 Å². The Kier molecular flexibility index (Phi) is 7.81. The average molecular weight is 626 g/mol. The maximum Gasteiger partial charge on any atom is 0.227 e. The SMILES string of the molecule is CC1(C)CC(=O)C2=C(C1)Nc1nc(SCc3ccccc3Cl)nn1C2c1ccc(OCc2c(Cl)cccc2Cl)cc1. The van der Waals surface area contributed by atoms with Crippen molar-refractivity contribution in [2.45, 2.75) is 50.2 Å². The molecule has 41 heavy (non-hydrogen) atoms. The van der Waals surface area contributed by atoms with E-state index >= 15 is 0 Å². The molecule has 0 saturated carbocycles. The van der Waals surface area contributed by atoms with Gasteiger partial charge in [-0.05, 0) is 53.3 Å². The summed E-state index contributed by atoms with van der Waals surface area (Å²) in [5, 5.41) is 10.7. The Bertz CT molecular complexity index is 1650. The highest BCUT2D eigenvalue weighted by atomic mass is 35.5. The number of ketones is 1. The zero-order chi connectivity index (χ0) is 28.7. The monoisotopic (exact) mass is 624 g/mol. The lowest BCUT2D eigenvalue weighted by Crippen LogP contribution is -2.36. The molecule has 0 bridgehead atoms. The Morgan fingerprint density at radius 1 is 0.976 bits per heavy atom. The van der Waals surface area contributed by atoms with Gasteiger partial charge in [0.05, 0.1) is 0 Å². The molecule has 1 aromatic heterocycles. The van der Waals surface area contributed by atoms with Gasteiger partial charge in [0.25, 0.3) is 0 Å². The number of rotatable bonds is 7. The van der Waals surface area contributed by atoms with E-state index in [1.165, 1.54) is 11.8 Å². The molecular weight excluding hydrogens is 599 g/mol. The van der Waals surface area contributed by atoms with Crippen LogP contribution in [0.1, 0.15) is 49.4 Å². The number of allylic oxidation sites excluding steroid dienone is 2. The summed E-state index contributed by atoms with van der Waals surface area (Å²) in [7, 11) is 0. The van der Waals surface area contributed by atoms with E-state index in [1.54, 1.807) is 18.2 Å². The molecule has 4 aromatic rings. The Balaban J connectivity index is 1.30. The van der Waals surface area contributed by atoms with Crippen molar-refractivity contribution < 1.29 is 9.53 Å². The minimum absolute atomic E-state index is 0.119.